The third kappa shape index (κ3) is 8.15. The molecule has 1 amide bonds. The zero-order chi connectivity index (χ0) is 20.0. The first-order valence-electron chi connectivity index (χ1n) is 10.7. The number of hydrogen-bond acceptors (Lipinski definition) is 3. The van der Waals surface area contributed by atoms with Gasteiger partial charge in [0, 0.05) is 58.0 Å². The lowest BCUT2D eigenvalue weighted by atomic mass is 10.2. The number of unbranched alkanes of at least 4 members (excludes halogenated alkanes) is 1. The van der Waals surface area contributed by atoms with Crippen molar-refractivity contribution in [3.8, 4) is 0 Å². The Morgan fingerprint density at radius 3 is 2.79 bits per heavy atom. The van der Waals surface area contributed by atoms with Crippen molar-refractivity contribution >= 4 is 11.9 Å². The molecular weight excluding hydrogens is 354 g/mol. The quantitative estimate of drug-likeness (QED) is 0.364. The van der Waals surface area contributed by atoms with Crippen LogP contribution in [0.3, 0.4) is 0 Å². The van der Waals surface area contributed by atoms with E-state index in [2.05, 4.69) is 22.5 Å². The number of carbonyl (C=O) groups excluding carboxylic acids is 1. The molecule has 0 aromatic carbocycles. The molecule has 2 heterocycles. The summed E-state index contributed by atoms with van der Waals surface area (Å²) in [5.74, 6) is 1.12. The molecule has 2 rings (SSSR count). The van der Waals surface area contributed by atoms with E-state index in [9.17, 15) is 9.59 Å². The zero-order valence-corrected chi connectivity index (χ0v) is 17.2. The minimum atomic E-state index is 0.0493. The number of likely N-dealkylation sites (tertiary alicyclic amines) is 1. The van der Waals surface area contributed by atoms with Crippen LogP contribution in [0.5, 0.6) is 0 Å². The molecule has 7 heteroatoms. The summed E-state index contributed by atoms with van der Waals surface area (Å²) >= 11 is 0. The van der Waals surface area contributed by atoms with Gasteiger partial charge in [-0.3, -0.25) is 14.6 Å². The zero-order valence-electron chi connectivity index (χ0n) is 17.2. The van der Waals surface area contributed by atoms with Gasteiger partial charge in [0.15, 0.2) is 5.96 Å². The Morgan fingerprint density at radius 2 is 1.96 bits per heavy atom. The molecule has 28 heavy (non-hydrogen) atoms. The fourth-order valence-electron chi connectivity index (χ4n) is 3.33. The first-order valence-corrected chi connectivity index (χ1v) is 10.7. The van der Waals surface area contributed by atoms with Crippen molar-refractivity contribution in [3.63, 3.8) is 0 Å². The second-order valence-corrected chi connectivity index (χ2v) is 7.17. The van der Waals surface area contributed by atoms with Crippen LogP contribution in [0.25, 0.3) is 0 Å². The van der Waals surface area contributed by atoms with Gasteiger partial charge in [-0.1, -0.05) is 12.5 Å². The van der Waals surface area contributed by atoms with Crippen molar-refractivity contribution in [2.24, 2.45) is 4.99 Å². The number of pyridine rings is 1. The minimum Gasteiger partial charge on any atom is -0.357 e. The van der Waals surface area contributed by atoms with Gasteiger partial charge in [0.2, 0.25) is 11.5 Å². The Bertz CT molecular complexity index is 671. The van der Waals surface area contributed by atoms with Gasteiger partial charge in [0.25, 0.3) is 0 Å². The molecule has 0 saturated carbocycles. The SMILES string of the molecule is CCNC(=NCCCN1CCCCCC1=O)NCCCCn1ccccc1=O. The van der Waals surface area contributed by atoms with Gasteiger partial charge in [-0.2, -0.15) is 0 Å². The van der Waals surface area contributed by atoms with E-state index < -0.39 is 0 Å². The summed E-state index contributed by atoms with van der Waals surface area (Å²) in [5, 5.41) is 6.61. The molecule has 1 fully saturated rings. The first kappa shape index (κ1) is 22.0. The Morgan fingerprint density at radius 1 is 1.07 bits per heavy atom. The van der Waals surface area contributed by atoms with Crippen LogP contribution in [0.15, 0.2) is 34.2 Å². The number of aromatic nitrogens is 1. The van der Waals surface area contributed by atoms with E-state index in [1.807, 2.05) is 17.2 Å². The molecule has 0 radical (unpaired) electrons. The maximum atomic E-state index is 12.0. The predicted molar refractivity (Wildman–Crippen MR) is 114 cm³/mol. The van der Waals surface area contributed by atoms with Gasteiger partial charge in [0.1, 0.15) is 0 Å². The number of hydrogen-bond donors (Lipinski definition) is 2. The summed E-state index contributed by atoms with van der Waals surface area (Å²) in [6, 6.07) is 5.24. The topological polar surface area (TPSA) is 78.7 Å². The highest BCUT2D eigenvalue weighted by Crippen LogP contribution is 2.11. The van der Waals surface area contributed by atoms with Gasteiger partial charge < -0.3 is 20.1 Å². The standard InChI is InChI=1S/C21H35N5O2/c1-2-22-21(23-13-6-9-17-25-16-8-5-12-20(25)28)24-14-10-18-26-15-7-3-4-11-19(26)27/h5,8,12,16H,2-4,6-7,9-11,13-15,17-18H2,1H3,(H2,22,23,24). The van der Waals surface area contributed by atoms with Crippen LogP contribution in [-0.2, 0) is 11.3 Å². The highest BCUT2D eigenvalue weighted by Gasteiger charge is 2.15. The molecule has 0 unspecified atom stereocenters. The van der Waals surface area contributed by atoms with Gasteiger partial charge in [-0.05, 0) is 45.1 Å². The molecule has 156 valence electrons. The molecule has 7 nitrogen and oxygen atoms in total. The second kappa shape index (κ2) is 13.0. The second-order valence-electron chi connectivity index (χ2n) is 7.17. The van der Waals surface area contributed by atoms with E-state index in [0.29, 0.717) is 18.9 Å². The normalized spacial score (nSPS) is 15.4. The molecule has 0 atom stereocenters. The Labute approximate surface area is 168 Å². The lowest BCUT2D eigenvalue weighted by Gasteiger charge is -2.20. The maximum absolute atomic E-state index is 12.0. The van der Waals surface area contributed by atoms with Crippen LogP contribution in [0, 0.1) is 0 Å². The van der Waals surface area contributed by atoms with E-state index in [1.165, 1.54) is 0 Å². The van der Waals surface area contributed by atoms with E-state index in [-0.39, 0.29) is 5.56 Å². The average Bonchev–Trinajstić information content (AvgIpc) is 2.90. The molecule has 0 aliphatic carbocycles. The van der Waals surface area contributed by atoms with Crippen LogP contribution >= 0.6 is 0 Å². The summed E-state index contributed by atoms with van der Waals surface area (Å²) in [5.41, 5.74) is 0.0493. The van der Waals surface area contributed by atoms with E-state index >= 15 is 0 Å². The maximum Gasteiger partial charge on any atom is 0.250 e. The lowest BCUT2D eigenvalue weighted by molar-refractivity contribution is -0.130. The van der Waals surface area contributed by atoms with Crippen molar-refractivity contribution in [3.05, 3.63) is 34.7 Å². The van der Waals surface area contributed by atoms with Crippen molar-refractivity contribution in [2.45, 2.75) is 58.4 Å². The van der Waals surface area contributed by atoms with Gasteiger partial charge in [-0.25, -0.2) is 0 Å². The number of nitrogens with zero attached hydrogens (tertiary/aromatic N) is 3. The summed E-state index contributed by atoms with van der Waals surface area (Å²) < 4.78 is 1.74. The van der Waals surface area contributed by atoms with Crippen molar-refractivity contribution in [1.29, 1.82) is 0 Å². The number of amides is 1. The third-order valence-corrected chi connectivity index (χ3v) is 4.89. The van der Waals surface area contributed by atoms with Crippen molar-refractivity contribution in [1.82, 2.24) is 20.1 Å². The monoisotopic (exact) mass is 389 g/mol. The summed E-state index contributed by atoms with van der Waals surface area (Å²) in [7, 11) is 0. The fraction of sp³-hybridized carbons (Fsp3) is 0.667. The Hall–Kier alpha value is -2.31. The van der Waals surface area contributed by atoms with Crippen molar-refractivity contribution < 1.29 is 4.79 Å². The number of aryl methyl sites for hydroxylation is 1. The number of carbonyl (C=O) groups is 1. The van der Waals surface area contributed by atoms with Crippen LogP contribution in [0.2, 0.25) is 0 Å². The molecule has 1 aromatic rings. The van der Waals surface area contributed by atoms with Crippen LogP contribution in [0.4, 0.5) is 0 Å². The van der Waals surface area contributed by atoms with Crippen LogP contribution < -0.4 is 16.2 Å². The molecule has 1 aliphatic rings. The highest BCUT2D eigenvalue weighted by atomic mass is 16.2. The Balaban J connectivity index is 1.64. The third-order valence-electron chi connectivity index (χ3n) is 4.89. The number of rotatable bonds is 10. The first-order chi connectivity index (χ1) is 13.7. The van der Waals surface area contributed by atoms with Gasteiger partial charge in [-0.15, -0.1) is 0 Å². The number of nitrogens with one attached hydrogen (secondary N) is 2. The number of aliphatic imine (C=N–C) groups is 1. The van der Waals surface area contributed by atoms with Crippen LogP contribution in [0.1, 0.15) is 51.9 Å². The van der Waals surface area contributed by atoms with Crippen LogP contribution in [-0.4, -0.2) is 54.1 Å². The lowest BCUT2D eigenvalue weighted by Crippen LogP contribution is -2.38. The number of guanidine groups is 1. The summed E-state index contributed by atoms with van der Waals surface area (Å²) in [4.78, 5) is 30.3. The Kier molecular flexibility index (Phi) is 10.2. The highest BCUT2D eigenvalue weighted by molar-refractivity contribution is 5.79. The molecule has 1 saturated heterocycles. The minimum absolute atomic E-state index is 0.0493. The molecule has 0 spiro atoms. The van der Waals surface area contributed by atoms with Gasteiger partial charge >= 0.3 is 0 Å². The molecular formula is C21H35N5O2. The van der Waals surface area contributed by atoms with E-state index in [1.54, 1.807) is 16.7 Å². The van der Waals surface area contributed by atoms with E-state index in [4.69, 9.17) is 0 Å². The smallest absolute Gasteiger partial charge is 0.250 e. The molecule has 1 aromatic heterocycles. The molecule has 2 N–H and O–H groups in total. The predicted octanol–water partition coefficient (Wildman–Crippen LogP) is 1.98. The molecule has 1 aliphatic heterocycles. The average molecular weight is 390 g/mol. The van der Waals surface area contributed by atoms with E-state index in [0.717, 1.165) is 77.2 Å². The van der Waals surface area contributed by atoms with Crippen molar-refractivity contribution in [2.75, 3.05) is 32.7 Å². The summed E-state index contributed by atoms with van der Waals surface area (Å²) in [6.45, 7) is 6.82. The summed E-state index contributed by atoms with van der Waals surface area (Å²) in [6.07, 6.45) is 8.63. The molecule has 0 bridgehead atoms. The fourth-order valence-corrected chi connectivity index (χ4v) is 3.33. The largest absolute Gasteiger partial charge is 0.357 e. The van der Waals surface area contributed by atoms with Gasteiger partial charge in [0.05, 0.1) is 0 Å².